The van der Waals surface area contributed by atoms with E-state index in [-0.39, 0.29) is 32.2 Å². The SMILES string of the molecule is CC/C=C\C/C=C\C/C=C\C/C=C\CCCCCCCCCCCCCCCCCCCCCCCCCCC(=O)OC(COC(=O)CCCCCCCCC/C=C\C/C=C\CCCCCC)COC(OCC[N+](C)(C)C)C(=O)O. The molecule has 0 aliphatic rings. The van der Waals surface area contributed by atoms with Gasteiger partial charge in [0.1, 0.15) is 13.2 Å². The number of carbonyl (C=O) groups excluding carboxylic acids is 2. The van der Waals surface area contributed by atoms with E-state index in [1.807, 2.05) is 21.1 Å². The van der Waals surface area contributed by atoms with Crippen molar-refractivity contribution in [1.82, 2.24) is 0 Å². The first-order valence-corrected chi connectivity index (χ1v) is 33.6. The van der Waals surface area contributed by atoms with Crippen molar-refractivity contribution in [3.8, 4) is 0 Å². The van der Waals surface area contributed by atoms with Crippen molar-refractivity contribution >= 4 is 17.9 Å². The summed E-state index contributed by atoms with van der Waals surface area (Å²) in [6.45, 7) is 4.77. The van der Waals surface area contributed by atoms with E-state index in [9.17, 15) is 19.5 Å². The lowest BCUT2D eigenvalue weighted by Gasteiger charge is -2.25. The van der Waals surface area contributed by atoms with Gasteiger partial charge in [0.05, 0.1) is 34.4 Å². The summed E-state index contributed by atoms with van der Waals surface area (Å²) in [4.78, 5) is 37.5. The van der Waals surface area contributed by atoms with Crippen LogP contribution in [0.5, 0.6) is 0 Å². The number of carboxylic acids is 1. The highest BCUT2D eigenvalue weighted by Crippen LogP contribution is 2.18. The Balaban J connectivity index is 4.02. The van der Waals surface area contributed by atoms with Crippen LogP contribution in [0.2, 0.25) is 0 Å². The number of carboxylic acid groups (broad SMARTS) is 1. The molecule has 0 rings (SSSR count). The summed E-state index contributed by atoms with van der Waals surface area (Å²) in [5.74, 6) is -2.00. The van der Waals surface area contributed by atoms with Gasteiger partial charge in [-0.1, -0.05) is 279 Å². The minimum absolute atomic E-state index is 0.184. The zero-order chi connectivity index (χ0) is 58.3. The molecule has 0 aliphatic carbocycles. The van der Waals surface area contributed by atoms with E-state index in [0.29, 0.717) is 17.4 Å². The van der Waals surface area contributed by atoms with Gasteiger partial charge in [-0.15, -0.1) is 0 Å². The number of unbranched alkanes of at least 4 members (excludes halogenated alkanes) is 35. The lowest BCUT2D eigenvalue weighted by Crippen LogP contribution is -2.40. The minimum Gasteiger partial charge on any atom is -0.477 e. The Kier molecular flexibility index (Phi) is 59.3. The molecule has 2 unspecified atom stereocenters. The van der Waals surface area contributed by atoms with Crippen molar-refractivity contribution in [2.75, 3.05) is 47.5 Å². The van der Waals surface area contributed by atoms with Crippen molar-refractivity contribution in [2.24, 2.45) is 0 Å². The smallest absolute Gasteiger partial charge is 0.361 e. The van der Waals surface area contributed by atoms with Crippen molar-refractivity contribution in [3.05, 3.63) is 72.9 Å². The Labute approximate surface area is 494 Å². The van der Waals surface area contributed by atoms with Gasteiger partial charge in [-0.3, -0.25) is 9.59 Å². The Bertz CT molecular complexity index is 1540. The lowest BCUT2D eigenvalue weighted by atomic mass is 10.0. The first kappa shape index (κ1) is 76.7. The summed E-state index contributed by atoms with van der Waals surface area (Å²) < 4.78 is 22.9. The molecule has 80 heavy (non-hydrogen) atoms. The van der Waals surface area contributed by atoms with Gasteiger partial charge in [-0.25, -0.2) is 4.79 Å². The van der Waals surface area contributed by atoms with Gasteiger partial charge < -0.3 is 28.5 Å². The predicted octanol–water partition coefficient (Wildman–Crippen LogP) is 20.5. The third kappa shape index (κ3) is 62.3. The van der Waals surface area contributed by atoms with Gasteiger partial charge in [0.15, 0.2) is 6.10 Å². The maximum absolute atomic E-state index is 12.9. The normalized spacial score (nSPS) is 13.2. The third-order valence-electron chi connectivity index (χ3n) is 14.7. The van der Waals surface area contributed by atoms with Crippen LogP contribution in [-0.4, -0.2) is 87.4 Å². The molecule has 9 heteroatoms. The summed E-state index contributed by atoms with van der Waals surface area (Å²) in [5.41, 5.74) is 0. The number of quaternary nitrogens is 1. The fraction of sp³-hybridized carbons (Fsp3) is 0.789. The summed E-state index contributed by atoms with van der Waals surface area (Å²) in [7, 11) is 5.98. The second kappa shape index (κ2) is 61.8. The second-order valence-electron chi connectivity index (χ2n) is 23.7. The van der Waals surface area contributed by atoms with Crippen LogP contribution in [0.1, 0.15) is 303 Å². The average Bonchev–Trinajstić information content (AvgIpc) is 3.43. The molecule has 0 saturated carbocycles. The predicted molar refractivity (Wildman–Crippen MR) is 341 cm³/mol. The topological polar surface area (TPSA) is 108 Å². The third-order valence-corrected chi connectivity index (χ3v) is 14.7. The molecule has 0 radical (unpaired) electrons. The minimum atomic E-state index is -1.51. The van der Waals surface area contributed by atoms with Crippen molar-refractivity contribution in [3.63, 3.8) is 0 Å². The zero-order valence-corrected chi connectivity index (χ0v) is 53.0. The van der Waals surface area contributed by atoms with E-state index in [1.54, 1.807) is 0 Å². The van der Waals surface area contributed by atoms with E-state index < -0.39 is 24.3 Å². The van der Waals surface area contributed by atoms with Gasteiger partial charge in [-0.05, 0) is 83.5 Å². The molecular weight excluding hydrogens is 995 g/mol. The largest absolute Gasteiger partial charge is 0.477 e. The molecule has 0 bridgehead atoms. The Morgan fingerprint density at radius 2 is 0.713 bits per heavy atom. The van der Waals surface area contributed by atoms with E-state index in [4.69, 9.17) is 18.9 Å². The highest BCUT2D eigenvalue weighted by molar-refractivity contribution is 5.71. The number of hydrogen-bond donors (Lipinski definition) is 1. The van der Waals surface area contributed by atoms with E-state index in [1.165, 1.54) is 193 Å². The van der Waals surface area contributed by atoms with Crippen molar-refractivity contribution in [2.45, 2.75) is 315 Å². The molecule has 0 saturated heterocycles. The fourth-order valence-corrected chi connectivity index (χ4v) is 9.57. The van der Waals surface area contributed by atoms with Crippen LogP contribution in [0, 0.1) is 0 Å². The van der Waals surface area contributed by atoms with Crippen LogP contribution >= 0.6 is 0 Å². The Morgan fingerprint density at radius 1 is 0.388 bits per heavy atom. The summed E-state index contributed by atoms with van der Waals surface area (Å²) in [5, 5.41) is 9.72. The second-order valence-corrected chi connectivity index (χ2v) is 23.7. The van der Waals surface area contributed by atoms with Gasteiger partial charge >= 0.3 is 17.9 Å². The molecule has 464 valence electrons. The fourth-order valence-electron chi connectivity index (χ4n) is 9.57. The molecular formula is C71H128NO8+. The molecule has 0 heterocycles. The molecule has 0 aromatic carbocycles. The van der Waals surface area contributed by atoms with Crippen LogP contribution < -0.4 is 0 Å². The van der Waals surface area contributed by atoms with Crippen LogP contribution in [0.15, 0.2) is 72.9 Å². The Morgan fingerprint density at radius 3 is 1.06 bits per heavy atom. The summed E-state index contributed by atoms with van der Waals surface area (Å²) in [6, 6.07) is 0. The summed E-state index contributed by atoms with van der Waals surface area (Å²) >= 11 is 0. The van der Waals surface area contributed by atoms with Crippen LogP contribution in [-0.2, 0) is 33.3 Å². The molecule has 1 N–H and O–H groups in total. The molecule has 2 atom stereocenters. The maximum Gasteiger partial charge on any atom is 0.361 e. The van der Waals surface area contributed by atoms with Gasteiger partial charge in [0, 0.05) is 12.8 Å². The summed E-state index contributed by atoms with van der Waals surface area (Å²) in [6.07, 6.45) is 78.7. The first-order valence-electron chi connectivity index (χ1n) is 33.6. The Hall–Kier alpha value is -3.27. The van der Waals surface area contributed by atoms with Crippen LogP contribution in [0.25, 0.3) is 0 Å². The molecule has 0 fully saturated rings. The van der Waals surface area contributed by atoms with Crippen LogP contribution in [0.3, 0.4) is 0 Å². The molecule has 0 amide bonds. The number of rotatable bonds is 62. The molecule has 9 nitrogen and oxygen atoms in total. The number of hydrogen-bond acceptors (Lipinski definition) is 7. The average molecular weight is 1120 g/mol. The number of nitrogens with zero attached hydrogens (tertiary/aromatic N) is 1. The van der Waals surface area contributed by atoms with Crippen molar-refractivity contribution in [1.29, 1.82) is 0 Å². The molecule has 0 aromatic heterocycles. The van der Waals surface area contributed by atoms with E-state index in [0.717, 1.165) is 83.5 Å². The molecule has 0 aliphatic heterocycles. The number of ether oxygens (including phenoxy) is 4. The maximum atomic E-state index is 12.9. The van der Waals surface area contributed by atoms with Crippen LogP contribution in [0.4, 0.5) is 0 Å². The number of carbonyl (C=O) groups is 3. The highest BCUT2D eigenvalue weighted by atomic mass is 16.7. The quantitative estimate of drug-likeness (QED) is 0.0211. The van der Waals surface area contributed by atoms with Gasteiger partial charge in [0.25, 0.3) is 6.29 Å². The number of aliphatic carboxylic acids is 1. The number of likely N-dealkylation sites (N-methyl/N-ethyl adjacent to an activating group) is 1. The number of esters is 2. The van der Waals surface area contributed by atoms with Gasteiger partial charge in [0.2, 0.25) is 0 Å². The molecule has 0 aromatic rings. The standard InChI is InChI=1S/C71H127NO8/c1-6-8-10-12-14-16-18-20-22-24-26-27-28-29-30-31-32-33-34-35-36-37-38-39-40-41-42-43-44-46-48-50-52-54-56-58-60-62-69(74)80-67(66-79-71(70(75)76)77-64-63-72(3,4)5)65-78-68(73)61-59-57-55-53-51-49-47-45-25-23-21-19-17-15-13-11-9-7-2/h8,10,14,16-17,19-20,22-23,25-27,67,71H,6-7,9,11-13,15,18,21,24,28-66H2,1-5H3/p+1/b10-8-,16-14-,19-17-,22-20-,25-23-,27-26-. The first-order chi connectivity index (χ1) is 39.1. The zero-order valence-electron chi connectivity index (χ0n) is 53.0. The number of allylic oxidation sites excluding steroid dienone is 12. The highest BCUT2D eigenvalue weighted by Gasteiger charge is 2.25. The van der Waals surface area contributed by atoms with E-state index >= 15 is 0 Å². The molecule has 0 spiro atoms. The van der Waals surface area contributed by atoms with Crippen molar-refractivity contribution < 1.29 is 42.9 Å². The monoisotopic (exact) mass is 1120 g/mol. The van der Waals surface area contributed by atoms with E-state index in [2.05, 4.69) is 86.8 Å². The van der Waals surface area contributed by atoms with Gasteiger partial charge in [-0.2, -0.15) is 0 Å². The lowest BCUT2D eigenvalue weighted by molar-refractivity contribution is -0.870.